The summed E-state index contributed by atoms with van der Waals surface area (Å²) in [4.78, 5) is 2.54. The number of nitrogens with one attached hydrogen (secondary N) is 1. The number of thioether (sulfide) groups is 1. The average molecular weight is 276 g/mol. The molecule has 1 N–H and O–H groups in total. The molecule has 104 valence electrons. The lowest BCUT2D eigenvalue weighted by Gasteiger charge is -2.41. The van der Waals surface area contributed by atoms with Gasteiger partial charge in [-0.3, -0.25) is 0 Å². The van der Waals surface area contributed by atoms with Gasteiger partial charge in [-0.05, 0) is 44.0 Å². The van der Waals surface area contributed by atoms with Crippen molar-refractivity contribution in [3.8, 4) is 0 Å². The summed E-state index contributed by atoms with van der Waals surface area (Å²) in [6, 6.07) is 10.3. The smallest absolute Gasteiger partial charge is 0.0337 e. The summed E-state index contributed by atoms with van der Waals surface area (Å²) >= 11 is 2.11. The number of hydrogen-bond donors (Lipinski definition) is 1. The highest BCUT2D eigenvalue weighted by atomic mass is 32.2. The third-order valence-corrected chi connectivity index (χ3v) is 5.83. The van der Waals surface area contributed by atoms with Crippen molar-refractivity contribution in [1.29, 1.82) is 0 Å². The first kappa shape index (κ1) is 13.5. The number of fused-ring (bicyclic) bond motifs is 1. The van der Waals surface area contributed by atoms with Crippen molar-refractivity contribution in [2.45, 2.75) is 30.8 Å². The van der Waals surface area contributed by atoms with Crippen LogP contribution in [0, 0.1) is 0 Å². The summed E-state index contributed by atoms with van der Waals surface area (Å²) in [5.41, 5.74) is 3.16. The first-order valence-electron chi connectivity index (χ1n) is 7.32. The summed E-state index contributed by atoms with van der Waals surface area (Å²) in [5, 5.41) is 3.58. The summed E-state index contributed by atoms with van der Waals surface area (Å²) < 4.78 is 0. The molecule has 3 unspecified atom stereocenters. The maximum absolute atomic E-state index is 3.58. The van der Waals surface area contributed by atoms with Gasteiger partial charge in [-0.1, -0.05) is 24.3 Å². The van der Waals surface area contributed by atoms with E-state index in [9.17, 15) is 0 Å². The van der Waals surface area contributed by atoms with E-state index in [-0.39, 0.29) is 0 Å². The van der Waals surface area contributed by atoms with E-state index in [0.717, 1.165) is 5.92 Å². The first-order chi connectivity index (χ1) is 9.29. The molecule has 1 aromatic carbocycles. The van der Waals surface area contributed by atoms with E-state index >= 15 is 0 Å². The van der Waals surface area contributed by atoms with Crippen LogP contribution in [0.1, 0.15) is 23.5 Å². The molecule has 1 aliphatic heterocycles. The highest BCUT2D eigenvalue weighted by Crippen LogP contribution is 2.39. The van der Waals surface area contributed by atoms with Crippen LogP contribution in [-0.2, 0) is 6.42 Å². The number of benzene rings is 1. The van der Waals surface area contributed by atoms with E-state index in [2.05, 4.69) is 60.3 Å². The van der Waals surface area contributed by atoms with Crippen LogP contribution in [0.15, 0.2) is 24.3 Å². The van der Waals surface area contributed by atoms with Crippen LogP contribution < -0.4 is 5.32 Å². The van der Waals surface area contributed by atoms with Gasteiger partial charge in [0.1, 0.15) is 0 Å². The molecule has 0 saturated carbocycles. The Kier molecular flexibility index (Phi) is 4.15. The van der Waals surface area contributed by atoms with Crippen molar-refractivity contribution < 1.29 is 0 Å². The lowest BCUT2D eigenvalue weighted by Crippen LogP contribution is -2.52. The fourth-order valence-corrected chi connectivity index (χ4v) is 4.79. The van der Waals surface area contributed by atoms with E-state index in [1.54, 1.807) is 11.1 Å². The molecule has 0 radical (unpaired) electrons. The Balaban J connectivity index is 1.65. The fourth-order valence-electron chi connectivity index (χ4n) is 3.48. The summed E-state index contributed by atoms with van der Waals surface area (Å²) in [7, 11) is 4.41. The van der Waals surface area contributed by atoms with Crippen LogP contribution in [0.5, 0.6) is 0 Å². The van der Waals surface area contributed by atoms with E-state index in [0.29, 0.717) is 12.1 Å². The Hall–Kier alpha value is -0.510. The quantitative estimate of drug-likeness (QED) is 0.909. The molecule has 19 heavy (non-hydrogen) atoms. The topological polar surface area (TPSA) is 15.3 Å². The predicted molar refractivity (Wildman–Crippen MR) is 84.1 cm³/mol. The number of hydrogen-bond acceptors (Lipinski definition) is 3. The summed E-state index contributed by atoms with van der Waals surface area (Å²) in [6.45, 7) is 1.23. The zero-order chi connectivity index (χ0) is 13.2. The van der Waals surface area contributed by atoms with E-state index in [1.807, 2.05) is 0 Å². The zero-order valence-electron chi connectivity index (χ0n) is 11.9. The SMILES string of the molecule is CNC(CC1Cc2ccccc21)C1CSCCN1C. The molecule has 1 fully saturated rings. The van der Waals surface area contributed by atoms with Crippen molar-refractivity contribution in [2.24, 2.45) is 0 Å². The second kappa shape index (κ2) is 5.86. The van der Waals surface area contributed by atoms with Gasteiger partial charge in [0.25, 0.3) is 0 Å². The molecule has 1 aliphatic carbocycles. The van der Waals surface area contributed by atoms with Crippen LogP contribution in [0.2, 0.25) is 0 Å². The average Bonchev–Trinajstić information content (AvgIpc) is 2.42. The lowest BCUT2D eigenvalue weighted by atomic mass is 9.73. The van der Waals surface area contributed by atoms with Crippen LogP contribution in [0.25, 0.3) is 0 Å². The van der Waals surface area contributed by atoms with Gasteiger partial charge >= 0.3 is 0 Å². The van der Waals surface area contributed by atoms with Crippen LogP contribution in [0.3, 0.4) is 0 Å². The fraction of sp³-hybridized carbons (Fsp3) is 0.625. The molecule has 1 heterocycles. The van der Waals surface area contributed by atoms with Gasteiger partial charge in [-0.2, -0.15) is 11.8 Å². The van der Waals surface area contributed by atoms with Gasteiger partial charge < -0.3 is 10.2 Å². The molecule has 0 amide bonds. The lowest BCUT2D eigenvalue weighted by molar-refractivity contribution is 0.205. The minimum atomic E-state index is 0.621. The Bertz CT molecular complexity index is 435. The molecule has 2 nitrogen and oxygen atoms in total. The minimum absolute atomic E-state index is 0.621. The molecule has 0 aromatic heterocycles. The normalized spacial score (nSPS) is 28.5. The van der Waals surface area contributed by atoms with Crippen LogP contribution in [0.4, 0.5) is 0 Å². The largest absolute Gasteiger partial charge is 0.315 e. The van der Waals surface area contributed by atoms with Crippen LogP contribution in [-0.4, -0.2) is 49.1 Å². The highest BCUT2D eigenvalue weighted by molar-refractivity contribution is 7.99. The number of rotatable bonds is 4. The maximum atomic E-state index is 3.58. The van der Waals surface area contributed by atoms with Crippen molar-refractivity contribution in [3.63, 3.8) is 0 Å². The molecule has 3 rings (SSSR count). The molecule has 3 atom stereocenters. The Morgan fingerprint density at radius 3 is 3.00 bits per heavy atom. The Morgan fingerprint density at radius 1 is 1.42 bits per heavy atom. The van der Waals surface area contributed by atoms with E-state index in [4.69, 9.17) is 0 Å². The third kappa shape index (κ3) is 2.69. The zero-order valence-corrected chi connectivity index (χ0v) is 12.7. The van der Waals surface area contributed by atoms with Crippen molar-refractivity contribution in [2.75, 3.05) is 32.1 Å². The number of likely N-dealkylation sites (N-methyl/N-ethyl adjacent to an activating group) is 2. The predicted octanol–water partition coefficient (Wildman–Crippen LogP) is 2.35. The first-order valence-corrected chi connectivity index (χ1v) is 8.48. The monoisotopic (exact) mass is 276 g/mol. The van der Waals surface area contributed by atoms with Gasteiger partial charge in [0.05, 0.1) is 0 Å². The van der Waals surface area contributed by atoms with Gasteiger partial charge in [0, 0.05) is 30.1 Å². The number of nitrogens with zero attached hydrogens (tertiary/aromatic N) is 1. The van der Waals surface area contributed by atoms with Crippen molar-refractivity contribution >= 4 is 11.8 Å². The van der Waals surface area contributed by atoms with Gasteiger partial charge in [0.15, 0.2) is 0 Å². The molecule has 1 saturated heterocycles. The Labute approximate surface area is 121 Å². The second-order valence-electron chi connectivity index (χ2n) is 5.85. The maximum Gasteiger partial charge on any atom is 0.0337 e. The van der Waals surface area contributed by atoms with Crippen LogP contribution >= 0.6 is 11.8 Å². The molecule has 2 aliphatic rings. The van der Waals surface area contributed by atoms with Crippen molar-refractivity contribution in [1.82, 2.24) is 10.2 Å². The molecular formula is C16H24N2S. The molecule has 0 bridgehead atoms. The van der Waals surface area contributed by atoms with Gasteiger partial charge in [-0.25, -0.2) is 0 Å². The molecule has 3 heteroatoms. The van der Waals surface area contributed by atoms with E-state index < -0.39 is 0 Å². The van der Waals surface area contributed by atoms with E-state index in [1.165, 1.54) is 30.9 Å². The summed E-state index contributed by atoms with van der Waals surface area (Å²) in [5.74, 6) is 3.33. The minimum Gasteiger partial charge on any atom is -0.315 e. The standard InChI is InChI=1S/C16H24N2S/c1-17-15(16-11-19-8-7-18(16)2)10-13-9-12-5-3-4-6-14(12)13/h3-6,13,15-17H,7-11H2,1-2H3. The highest BCUT2D eigenvalue weighted by Gasteiger charge is 2.33. The summed E-state index contributed by atoms with van der Waals surface area (Å²) in [6.07, 6.45) is 2.56. The van der Waals surface area contributed by atoms with Gasteiger partial charge in [0.2, 0.25) is 0 Å². The molecule has 0 spiro atoms. The Morgan fingerprint density at radius 2 is 2.26 bits per heavy atom. The molecule has 1 aromatic rings. The van der Waals surface area contributed by atoms with Gasteiger partial charge in [-0.15, -0.1) is 0 Å². The molecular weight excluding hydrogens is 252 g/mol. The third-order valence-electron chi connectivity index (χ3n) is 4.78. The van der Waals surface area contributed by atoms with Crippen molar-refractivity contribution in [3.05, 3.63) is 35.4 Å². The second-order valence-corrected chi connectivity index (χ2v) is 7.00.